The number of hydrogen-bond donors (Lipinski definition) is 4. The predicted octanol–water partition coefficient (Wildman–Crippen LogP) is 2.83. The van der Waals surface area contributed by atoms with Crippen LogP contribution in [0.25, 0.3) is 0 Å². The van der Waals surface area contributed by atoms with Crippen LogP contribution in [-0.4, -0.2) is 67.7 Å². The molecule has 5 aliphatic rings. The average molecular weight is 545 g/mol. The molecule has 9 heteroatoms. The fourth-order valence-corrected chi connectivity index (χ4v) is 8.70. The summed E-state index contributed by atoms with van der Waals surface area (Å²) < 4.78 is 11.1. The first-order chi connectivity index (χ1) is 18.1. The normalized spacial score (nSPS) is 45.0. The number of ether oxygens (including phenoxy) is 2. The van der Waals surface area contributed by atoms with Crippen molar-refractivity contribution in [3.63, 3.8) is 0 Å². The molecule has 39 heavy (non-hydrogen) atoms. The highest BCUT2D eigenvalue weighted by Gasteiger charge is 2.79. The summed E-state index contributed by atoms with van der Waals surface area (Å²) in [7, 11) is 0. The van der Waals surface area contributed by atoms with E-state index in [9.17, 15) is 34.8 Å². The van der Waals surface area contributed by atoms with Crippen LogP contribution >= 0.6 is 0 Å². The Labute approximate surface area is 228 Å². The van der Waals surface area contributed by atoms with E-state index in [1.165, 1.54) is 19.9 Å². The first-order valence-electron chi connectivity index (χ1n) is 13.9. The number of aliphatic hydroxyl groups excluding tert-OH is 1. The van der Waals surface area contributed by atoms with Gasteiger partial charge in [0.25, 0.3) is 0 Å². The molecule has 9 nitrogen and oxygen atoms in total. The Morgan fingerprint density at radius 3 is 2.54 bits per heavy atom. The van der Waals surface area contributed by atoms with Gasteiger partial charge in [0.15, 0.2) is 11.9 Å². The third kappa shape index (κ3) is 3.45. The van der Waals surface area contributed by atoms with Crippen molar-refractivity contribution in [2.45, 2.75) is 96.1 Å². The van der Waals surface area contributed by atoms with E-state index < -0.39 is 57.5 Å². The molecule has 0 spiro atoms. The van der Waals surface area contributed by atoms with Crippen molar-refractivity contribution in [2.75, 3.05) is 6.61 Å². The Kier molecular flexibility index (Phi) is 6.30. The Bertz CT molecular complexity index is 1210. The maximum absolute atomic E-state index is 13.3. The van der Waals surface area contributed by atoms with Gasteiger partial charge in [0.05, 0.1) is 28.1 Å². The van der Waals surface area contributed by atoms with E-state index in [4.69, 9.17) is 9.47 Å². The van der Waals surface area contributed by atoms with Crippen LogP contribution in [0.2, 0.25) is 0 Å². The summed E-state index contributed by atoms with van der Waals surface area (Å²) in [5.41, 5.74) is -7.03. The zero-order valence-corrected chi connectivity index (χ0v) is 23.3. The molecule has 4 aliphatic carbocycles. The van der Waals surface area contributed by atoms with Crippen molar-refractivity contribution in [1.82, 2.24) is 0 Å². The standard InChI is InChI=1S/C30H40O9/c1-16-13-24(39-25(34)17(16)2)27(5,35)30(37)12-11-29(36)21-14-22(32)20-7-6-8-23(33)26(20,4)19(21)9-10-28(29,30)15-38-18(3)31/h6,8,13,17,19,21,24,32,35-37H,7,9-12,14-15H2,1-5H3/t17?,19-,21+,24+,26+,27-,28+,29+,30-/m0/s1. The molecule has 0 aromatic rings. The summed E-state index contributed by atoms with van der Waals surface area (Å²) in [5, 5.41) is 48.5. The number of cyclic esters (lactones) is 1. The highest BCUT2D eigenvalue weighted by Crippen LogP contribution is 2.71. The summed E-state index contributed by atoms with van der Waals surface area (Å²) in [6, 6.07) is 0. The third-order valence-corrected chi connectivity index (χ3v) is 11.3. The molecule has 4 N–H and O–H groups in total. The van der Waals surface area contributed by atoms with Crippen LogP contribution in [-0.2, 0) is 23.9 Å². The van der Waals surface area contributed by atoms with Crippen molar-refractivity contribution >= 4 is 17.7 Å². The van der Waals surface area contributed by atoms with E-state index in [0.717, 1.165) is 0 Å². The van der Waals surface area contributed by atoms with Crippen molar-refractivity contribution < 1.29 is 44.3 Å². The van der Waals surface area contributed by atoms with Gasteiger partial charge >= 0.3 is 11.9 Å². The van der Waals surface area contributed by atoms with E-state index in [2.05, 4.69) is 0 Å². The van der Waals surface area contributed by atoms with Crippen molar-refractivity contribution in [3.8, 4) is 0 Å². The highest BCUT2D eigenvalue weighted by atomic mass is 16.6. The molecule has 0 bridgehead atoms. The number of ketones is 1. The van der Waals surface area contributed by atoms with E-state index in [1.807, 2.05) is 6.92 Å². The van der Waals surface area contributed by atoms with Gasteiger partial charge in [-0.2, -0.15) is 0 Å². The van der Waals surface area contributed by atoms with Gasteiger partial charge < -0.3 is 29.9 Å². The Morgan fingerprint density at radius 1 is 1.21 bits per heavy atom. The molecule has 0 radical (unpaired) electrons. The molecule has 5 rings (SSSR count). The molecule has 0 aromatic heterocycles. The van der Waals surface area contributed by atoms with Gasteiger partial charge in [-0.3, -0.25) is 14.4 Å². The number of esters is 2. The van der Waals surface area contributed by atoms with Gasteiger partial charge in [-0.25, -0.2) is 0 Å². The first-order valence-corrected chi connectivity index (χ1v) is 13.9. The average Bonchev–Trinajstić information content (AvgIpc) is 3.11. The lowest BCUT2D eigenvalue weighted by atomic mass is 9.44. The number of carbonyl (C=O) groups is 3. The van der Waals surface area contributed by atoms with Gasteiger partial charge in [-0.15, -0.1) is 0 Å². The largest absolute Gasteiger partial charge is 0.512 e. The minimum absolute atomic E-state index is 0.0323. The Hall–Kier alpha value is -2.49. The van der Waals surface area contributed by atoms with Gasteiger partial charge in [-0.05, 0) is 89.4 Å². The number of aliphatic hydroxyl groups is 4. The van der Waals surface area contributed by atoms with Crippen LogP contribution in [0, 0.1) is 28.6 Å². The second-order valence-electron chi connectivity index (χ2n) is 12.8. The maximum Gasteiger partial charge on any atom is 0.313 e. The minimum atomic E-state index is -2.06. The fraction of sp³-hybridized carbons (Fsp3) is 0.700. The van der Waals surface area contributed by atoms with Crippen LogP contribution in [0.3, 0.4) is 0 Å². The zero-order valence-electron chi connectivity index (χ0n) is 23.3. The van der Waals surface area contributed by atoms with E-state index >= 15 is 0 Å². The number of hydrogen-bond acceptors (Lipinski definition) is 9. The van der Waals surface area contributed by atoms with E-state index in [0.29, 0.717) is 24.0 Å². The summed E-state index contributed by atoms with van der Waals surface area (Å²) in [5.74, 6) is -2.69. The Balaban J connectivity index is 1.64. The molecule has 214 valence electrons. The van der Waals surface area contributed by atoms with E-state index in [-0.39, 0.29) is 49.8 Å². The van der Waals surface area contributed by atoms with Crippen LogP contribution in [0.1, 0.15) is 73.1 Å². The predicted molar refractivity (Wildman–Crippen MR) is 139 cm³/mol. The second kappa shape index (κ2) is 8.75. The molecule has 0 aromatic carbocycles. The molecule has 1 unspecified atom stereocenters. The number of carbonyl (C=O) groups excluding carboxylic acids is 3. The summed E-state index contributed by atoms with van der Waals surface area (Å²) in [4.78, 5) is 37.9. The number of allylic oxidation sites excluding steroid dienone is 4. The minimum Gasteiger partial charge on any atom is -0.512 e. The third-order valence-electron chi connectivity index (χ3n) is 11.3. The SMILES string of the molecule is CC(=O)OC[C@]12CC[C@H]3[C@@H](CC(O)=C4CC=CC(=O)[C@@]43C)[C@]1(O)CC[C@]2(O)[C@@](C)(O)[C@H]1C=C(C)C(C)C(=O)O1. The second-order valence-corrected chi connectivity index (χ2v) is 12.8. The fourth-order valence-electron chi connectivity index (χ4n) is 8.70. The lowest BCUT2D eigenvalue weighted by Gasteiger charge is -2.63. The van der Waals surface area contributed by atoms with Crippen LogP contribution in [0.5, 0.6) is 0 Å². The monoisotopic (exact) mass is 544 g/mol. The maximum atomic E-state index is 13.3. The Morgan fingerprint density at radius 2 is 1.90 bits per heavy atom. The lowest BCUT2D eigenvalue weighted by Crippen LogP contribution is -2.74. The van der Waals surface area contributed by atoms with E-state index in [1.54, 1.807) is 26.0 Å². The molecule has 1 heterocycles. The molecular formula is C30H40O9. The summed E-state index contributed by atoms with van der Waals surface area (Å²) in [6.07, 6.45) is 4.74. The van der Waals surface area contributed by atoms with Crippen LogP contribution < -0.4 is 0 Å². The van der Waals surface area contributed by atoms with Crippen molar-refractivity contribution in [1.29, 1.82) is 0 Å². The molecular weight excluding hydrogens is 504 g/mol. The quantitative estimate of drug-likeness (QED) is 0.309. The molecule has 0 saturated heterocycles. The highest BCUT2D eigenvalue weighted by molar-refractivity contribution is 5.98. The molecule has 0 amide bonds. The molecule has 9 atom stereocenters. The first kappa shape index (κ1) is 28.1. The smallest absolute Gasteiger partial charge is 0.313 e. The number of rotatable bonds is 4. The topological polar surface area (TPSA) is 151 Å². The van der Waals surface area contributed by atoms with Crippen LogP contribution in [0.15, 0.2) is 35.1 Å². The van der Waals surface area contributed by atoms with Crippen LogP contribution in [0.4, 0.5) is 0 Å². The van der Waals surface area contributed by atoms with Crippen molar-refractivity contribution in [2.24, 2.45) is 28.6 Å². The molecule has 2 saturated carbocycles. The van der Waals surface area contributed by atoms with Crippen molar-refractivity contribution in [3.05, 3.63) is 35.1 Å². The molecule has 1 aliphatic heterocycles. The van der Waals surface area contributed by atoms with Gasteiger partial charge in [0.2, 0.25) is 0 Å². The summed E-state index contributed by atoms with van der Waals surface area (Å²) >= 11 is 0. The van der Waals surface area contributed by atoms with Gasteiger partial charge in [0.1, 0.15) is 17.8 Å². The van der Waals surface area contributed by atoms with Gasteiger partial charge in [-0.1, -0.05) is 11.6 Å². The lowest BCUT2D eigenvalue weighted by molar-refractivity contribution is -0.291. The number of fused-ring (bicyclic) bond motifs is 5. The summed E-state index contributed by atoms with van der Waals surface area (Å²) in [6.45, 7) is 7.53. The zero-order chi connectivity index (χ0) is 28.8. The molecule has 2 fully saturated rings. The van der Waals surface area contributed by atoms with Gasteiger partial charge in [0, 0.05) is 13.3 Å².